The molecular weight excluding hydrogens is 241 g/mol. The molecule has 0 saturated carbocycles. The van der Waals surface area contributed by atoms with Crippen LogP contribution < -0.4 is 5.32 Å². The van der Waals surface area contributed by atoms with Crippen molar-refractivity contribution in [3.63, 3.8) is 0 Å². The van der Waals surface area contributed by atoms with Crippen molar-refractivity contribution in [2.24, 2.45) is 0 Å². The van der Waals surface area contributed by atoms with E-state index in [1.165, 1.54) is 24.3 Å². The first-order valence-electron chi connectivity index (χ1n) is 5.65. The third kappa shape index (κ3) is 3.78. The number of halogens is 1. The van der Waals surface area contributed by atoms with E-state index in [4.69, 9.17) is 0 Å². The molecule has 1 unspecified atom stereocenters. The Kier molecular flexibility index (Phi) is 5.08. The van der Waals surface area contributed by atoms with E-state index in [1.807, 2.05) is 6.92 Å². The van der Waals surface area contributed by atoms with Gasteiger partial charge in [0, 0.05) is 6.04 Å². The summed E-state index contributed by atoms with van der Waals surface area (Å²) < 4.78 is 37.5. The molecule has 0 heterocycles. The fraction of sp³-hybridized carbons (Fsp3) is 0.500. The second-order valence-corrected chi connectivity index (χ2v) is 5.99. The third-order valence-corrected chi connectivity index (χ3v) is 4.48. The van der Waals surface area contributed by atoms with Crippen LogP contribution in [0.2, 0.25) is 0 Å². The van der Waals surface area contributed by atoms with E-state index < -0.39 is 15.7 Å². The van der Waals surface area contributed by atoms with Gasteiger partial charge in [0.15, 0.2) is 9.84 Å². The Morgan fingerprint density at radius 3 is 2.53 bits per heavy atom. The molecule has 0 aromatic heterocycles. The van der Waals surface area contributed by atoms with Gasteiger partial charge in [-0.05, 0) is 25.6 Å². The summed E-state index contributed by atoms with van der Waals surface area (Å²) in [5.41, 5.74) is 0. The fourth-order valence-electron chi connectivity index (χ4n) is 1.71. The van der Waals surface area contributed by atoms with Crippen LogP contribution in [0.1, 0.15) is 19.8 Å². The lowest BCUT2D eigenvalue weighted by Gasteiger charge is -2.15. The van der Waals surface area contributed by atoms with Gasteiger partial charge in [0.2, 0.25) is 0 Å². The van der Waals surface area contributed by atoms with E-state index in [0.717, 1.165) is 12.8 Å². The van der Waals surface area contributed by atoms with Gasteiger partial charge >= 0.3 is 0 Å². The standard InChI is InChI=1S/C12H18FNO2S/c1-3-6-10(14-2)9-17(15,16)12-8-5-4-7-11(12)13/h4-5,7-8,10,14H,3,6,9H2,1-2H3. The van der Waals surface area contributed by atoms with Gasteiger partial charge in [-0.2, -0.15) is 0 Å². The van der Waals surface area contributed by atoms with E-state index >= 15 is 0 Å². The summed E-state index contributed by atoms with van der Waals surface area (Å²) in [5, 5.41) is 2.95. The molecule has 0 aliphatic heterocycles. The molecule has 0 amide bonds. The average molecular weight is 259 g/mol. The number of hydrogen-bond donors (Lipinski definition) is 1. The summed E-state index contributed by atoms with van der Waals surface area (Å²) in [6.45, 7) is 1.99. The highest BCUT2D eigenvalue weighted by atomic mass is 32.2. The molecular formula is C12H18FNO2S. The zero-order chi connectivity index (χ0) is 12.9. The Bertz CT molecular complexity index is 459. The molecule has 1 N–H and O–H groups in total. The molecule has 0 aliphatic carbocycles. The number of sulfone groups is 1. The maximum atomic E-state index is 13.4. The van der Waals surface area contributed by atoms with Crippen LogP contribution in [-0.2, 0) is 9.84 Å². The quantitative estimate of drug-likeness (QED) is 0.850. The maximum Gasteiger partial charge on any atom is 0.182 e. The van der Waals surface area contributed by atoms with Gasteiger partial charge in [-0.1, -0.05) is 25.5 Å². The van der Waals surface area contributed by atoms with E-state index in [1.54, 1.807) is 7.05 Å². The first-order chi connectivity index (χ1) is 8.01. The molecule has 0 aliphatic rings. The number of benzene rings is 1. The fourth-order valence-corrected chi connectivity index (χ4v) is 3.40. The Morgan fingerprint density at radius 2 is 2.00 bits per heavy atom. The summed E-state index contributed by atoms with van der Waals surface area (Å²) in [5.74, 6) is -0.753. The molecule has 17 heavy (non-hydrogen) atoms. The van der Waals surface area contributed by atoms with Gasteiger partial charge in [-0.25, -0.2) is 12.8 Å². The highest BCUT2D eigenvalue weighted by Gasteiger charge is 2.22. The number of hydrogen-bond acceptors (Lipinski definition) is 3. The zero-order valence-corrected chi connectivity index (χ0v) is 10.9. The highest BCUT2D eigenvalue weighted by molar-refractivity contribution is 7.91. The molecule has 1 rings (SSSR count). The lowest BCUT2D eigenvalue weighted by Crippen LogP contribution is -2.33. The Labute approximate surface area is 102 Å². The topological polar surface area (TPSA) is 46.2 Å². The van der Waals surface area contributed by atoms with Crippen molar-refractivity contribution in [1.29, 1.82) is 0 Å². The summed E-state index contributed by atoms with van der Waals surface area (Å²) >= 11 is 0. The van der Waals surface area contributed by atoms with Crippen molar-refractivity contribution in [3.05, 3.63) is 30.1 Å². The SMILES string of the molecule is CCCC(CS(=O)(=O)c1ccccc1F)NC. The van der Waals surface area contributed by atoms with Crippen LogP contribution in [0.15, 0.2) is 29.2 Å². The summed E-state index contributed by atoms with van der Waals surface area (Å²) in [6, 6.07) is 5.36. The molecule has 1 aromatic rings. The number of nitrogens with one attached hydrogen (secondary N) is 1. The Morgan fingerprint density at radius 1 is 1.35 bits per heavy atom. The Hall–Kier alpha value is -0.940. The van der Waals surface area contributed by atoms with Crippen LogP contribution in [0.5, 0.6) is 0 Å². The molecule has 0 bridgehead atoms. The molecule has 0 saturated heterocycles. The average Bonchev–Trinajstić information content (AvgIpc) is 2.28. The Balaban J connectivity index is 2.92. The first-order valence-corrected chi connectivity index (χ1v) is 7.31. The van der Waals surface area contributed by atoms with Gasteiger partial charge in [0.25, 0.3) is 0 Å². The molecule has 3 nitrogen and oxygen atoms in total. The predicted octanol–water partition coefficient (Wildman–Crippen LogP) is 1.99. The van der Waals surface area contributed by atoms with Gasteiger partial charge in [-0.15, -0.1) is 0 Å². The van der Waals surface area contributed by atoms with Crippen molar-refractivity contribution in [2.75, 3.05) is 12.8 Å². The largest absolute Gasteiger partial charge is 0.316 e. The zero-order valence-electron chi connectivity index (χ0n) is 10.1. The van der Waals surface area contributed by atoms with Crippen molar-refractivity contribution >= 4 is 9.84 Å². The monoisotopic (exact) mass is 259 g/mol. The summed E-state index contributed by atoms with van der Waals surface area (Å²) in [7, 11) is -1.84. The van der Waals surface area contributed by atoms with E-state index in [0.29, 0.717) is 0 Å². The van der Waals surface area contributed by atoms with Crippen molar-refractivity contribution in [2.45, 2.75) is 30.7 Å². The predicted molar refractivity (Wildman–Crippen MR) is 66.2 cm³/mol. The first kappa shape index (κ1) is 14.1. The molecule has 1 aromatic carbocycles. The second kappa shape index (κ2) is 6.12. The van der Waals surface area contributed by atoms with Gasteiger partial charge in [0.05, 0.1) is 5.75 Å². The van der Waals surface area contributed by atoms with E-state index in [2.05, 4.69) is 5.32 Å². The van der Waals surface area contributed by atoms with Gasteiger partial charge in [0.1, 0.15) is 10.7 Å². The molecule has 0 radical (unpaired) electrons. The lowest BCUT2D eigenvalue weighted by molar-refractivity contribution is 0.529. The molecule has 0 spiro atoms. The van der Waals surface area contributed by atoms with Crippen LogP contribution >= 0.6 is 0 Å². The maximum absolute atomic E-state index is 13.4. The van der Waals surface area contributed by atoms with E-state index in [-0.39, 0.29) is 16.7 Å². The molecule has 96 valence electrons. The minimum absolute atomic E-state index is 0.0712. The second-order valence-electron chi connectivity index (χ2n) is 3.99. The van der Waals surface area contributed by atoms with Crippen molar-refractivity contribution in [1.82, 2.24) is 5.32 Å². The van der Waals surface area contributed by atoms with Gasteiger partial charge < -0.3 is 5.32 Å². The van der Waals surface area contributed by atoms with E-state index in [9.17, 15) is 12.8 Å². The summed E-state index contributed by atoms with van der Waals surface area (Å²) in [6.07, 6.45) is 1.64. The van der Waals surface area contributed by atoms with Gasteiger partial charge in [-0.3, -0.25) is 0 Å². The minimum Gasteiger partial charge on any atom is -0.316 e. The van der Waals surface area contributed by atoms with Crippen molar-refractivity contribution in [3.8, 4) is 0 Å². The van der Waals surface area contributed by atoms with Crippen LogP contribution in [0, 0.1) is 5.82 Å². The van der Waals surface area contributed by atoms with Crippen LogP contribution in [0.3, 0.4) is 0 Å². The lowest BCUT2D eigenvalue weighted by atomic mass is 10.2. The molecule has 0 fully saturated rings. The molecule has 5 heteroatoms. The molecule has 1 atom stereocenters. The normalized spacial score (nSPS) is 13.6. The van der Waals surface area contributed by atoms with Crippen LogP contribution in [-0.4, -0.2) is 27.3 Å². The summed E-state index contributed by atoms with van der Waals surface area (Å²) in [4.78, 5) is -0.212. The van der Waals surface area contributed by atoms with Crippen LogP contribution in [0.4, 0.5) is 4.39 Å². The minimum atomic E-state index is -3.56. The third-order valence-electron chi connectivity index (χ3n) is 2.64. The number of rotatable bonds is 6. The van der Waals surface area contributed by atoms with Crippen molar-refractivity contribution < 1.29 is 12.8 Å². The van der Waals surface area contributed by atoms with Crippen LogP contribution in [0.25, 0.3) is 0 Å². The smallest absolute Gasteiger partial charge is 0.182 e. The highest BCUT2D eigenvalue weighted by Crippen LogP contribution is 2.17.